The maximum absolute atomic E-state index is 12.8. The molecule has 0 fully saturated rings. The van der Waals surface area contributed by atoms with Gasteiger partial charge in [-0.3, -0.25) is 9.59 Å². The molecule has 26 heavy (non-hydrogen) atoms. The highest BCUT2D eigenvalue weighted by atomic mass is 32.1. The quantitative estimate of drug-likeness (QED) is 0.789. The fourth-order valence-electron chi connectivity index (χ4n) is 2.89. The standard InChI is InChI=1S/C19H17FN2O3S/c20-13-7-4-12(5-8-13)6-9-18(24)25-11-17(23)22-19-15(10-21)14-2-1-3-16(14)26-19/h4-5,7-8H,1-3,6,9,11H2,(H,22,23). The molecule has 1 aromatic carbocycles. The first-order valence-corrected chi connectivity index (χ1v) is 9.13. The molecule has 0 radical (unpaired) electrons. The smallest absolute Gasteiger partial charge is 0.306 e. The average Bonchev–Trinajstić information content (AvgIpc) is 3.20. The van der Waals surface area contributed by atoms with Crippen LogP contribution in [0.3, 0.4) is 0 Å². The van der Waals surface area contributed by atoms with Gasteiger partial charge in [-0.2, -0.15) is 5.26 Å². The first-order chi connectivity index (χ1) is 12.6. The van der Waals surface area contributed by atoms with Gasteiger partial charge >= 0.3 is 5.97 Å². The normalized spacial score (nSPS) is 12.3. The minimum Gasteiger partial charge on any atom is -0.456 e. The van der Waals surface area contributed by atoms with Crippen LogP contribution in [0.5, 0.6) is 0 Å². The van der Waals surface area contributed by atoms with E-state index in [0.29, 0.717) is 17.0 Å². The van der Waals surface area contributed by atoms with E-state index in [1.807, 2.05) is 0 Å². The fraction of sp³-hybridized carbons (Fsp3) is 0.316. The Kier molecular flexibility index (Phi) is 5.64. The van der Waals surface area contributed by atoms with E-state index in [2.05, 4.69) is 11.4 Å². The second kappa shape index (κ2) is 8.11. The van der Waals surface area contributed by atoms with Crippen LogP contribution in [0.15, 0.2) is 24.3 Å². The van der Waals surface area contributed by atoms with E-state index in [4.69, 9.17) is 4.74 Å². The SMILES string of the molecule is N#Cc1c(NC(=O)COC(=O)CCc2ccc(F)cc2)sc2c1CCC2. The number of halogens is 1. The number of hydrogen-bond donors (Lipinski definition) is 1. The minimum atomic E-state index is -0.501. The van der Waals surface area contributed by atoms with Crippen molar-refractivity contribution in [2.45, 2.75) is 32.1 Å². The number of aryl methyl sites for hydroxylation is 2. The number of ether oxygens (including phenoxy) is 1. The molecule has 0 atom stereocenters. The Morgan fingerprint density at radius 2 is 2.04 bits per heavy atom. The van der Waals surface area contributed by atoms with Crippen molar-refractivity contribution in [2.75, 3.05) is 11.9 Å². The summed E-state index contributed by atoms with van der Waals surface area (Å²) in [7, 11) is 0. The number of anilines is 1. The zero-order valence-electron chi connectivity index (χ0n) is 14.0. The number of nitrogens with one attached hydrogen (secondary N) is 1. The Morgan fingerprint density at radius 1 is 1.27 bits per heavy atom. The van der Waals surface area contributed by atoms with Crippen molar-refractivity contribution in [1.29, 1.82) is 5.26 Å². The predicted molar refractivity (Wildman–Crippen MR) is 95.4 cm³/mol. The predicted octanol–water partition coefficient (Wildman–Crippen LogP) is 3.36. The number of carbonyl (C=O) groups is 2. The van der Waals surface area contributed by atoms with Crippen LogP contribution in [-0.2, 0) is 33.6 Å². The van der Waals surface area contributed by atoms with Crippen LogP contribution in [0.2, 0.25) is 0 Å². The monoisotopic (exact) mass is 372 g/mol. The summed E-state index contributed by atoms with van der Waals surface area (Å²) < 4.78 is 17.8. The van der Waals surface area contributed by atoms with E-state index in [-0.39, 0.29) is 12.2 Å². The zero-order chi connectivity index (χ0) is 18.5. The van der Waals surface area contributed by atoms with Gasteiger partial charge in [-0.25, -0.2) is 4.39 Å². The number of nitrogens with zero attached hydrogens (tertiary/aromatic N) is 1. The van der Waals surface area contributed by atoms with Gasteiger partial charge in [0.15, 0.2) is 6.61 Å². The molecule has 0 unspecified atom stereocenters. The Balaban J connectivity index is 1.46. The maximum atomic E-state index is 12.8. The van der Waals surface area contributed by atoms with Crippen LogP contribution in [0.1, 0.15) is 34.4 Å². The average molecular weight is 372 g/mol. The van der Waals surface area contributed by atoms with Gasteiger partial charge in [0, 0.05) is 11.3 Å². The molecule has 0 aliphatic heterocycles. The number of hydrogen-bond acceptors (Lipinski definition) is 5. The first kappa shape index (κ1) is 18.1. The summed E-state index contributed by atoms with van der Waals surface area (Å²) in [5.41, 5.74) is 2.38. The summed E-state index contributed by atoms with van der Waals surface area (Å²) in [5.74, 6) is -1.29. The number of benzene rings is 1. The molecule has 0 saturated heterocycles. The first-order valence-electron chi connectivity index (χ1n) is 8.31. The molecule has 1 aromatic heterocycles. The Morgan fingerprint density at radius 3 is 2.77 bits per heavy atom. The third-order valence-electron chi connectivity index (χ3n) is 4.18. The van der Waals surface area contributed by atoms with Crippen molar-refractivity contribution in [3.8, 4) is 6.07 Å². The van der Waals surface area contributed by atoms with Crippen molar-refractivity contribution >= 4 is 28.2 Å². The molecule has 1 aliphatic rings. The number of amides is 1. The van der Waals surface area contributed by atoms with Crippen LogP contribution in [-0.4, -0.2) is 18.5 Å². The van der Waals surface area contributed by atoms with Gasteiger partial charge in [0.1, 0.15) is 16.9 Å². The molecule has 5 nitrogen and oxygen atoms in total. The molecule has 1 N–H and O–H groups in total. The molecule has 0 bridgehead atoms. The lowest BCUT2D eigenvalue weighted by Crippen LogP contribution is -2.21. The van der Waals surface area contributed by atoms with E-state index in [1.54, 1.807) is 12.1 Å². The van der Waals surface area contributed by atoms with Crippen LogP contribution < -0.4 is 5.32 Å². The topological polar surface area (TPSA) is 79.2 Å². The number of esters is 1. The second-order valence-electron chi connectivity index (χ2n) is 6.01. The van der Waals surface area contributed by atoms with Crippen molar-refractivity contribution < 1.29 is 18.7 Å². The lowest BCUT2D eigenvalue weighted by molar-refractivity contribution is -0.147. The Labute approximate surface area is 154 Å². The highest BCUT2D eigenvalue weighted by Gasteiger charge is 2.23. The lowest BCUT2D eigenvalue weighted by atomic mass is 10.1. The fourth-order valence-corrected chi connectivity index (χ4v) is 4.14. The Bertz CT molecular complexity index is 868. The molecule has 3 rings (SSSR count). The molecule has 2 aromatic rings. The summed E-state index contributed by atoms with van der Waals surface area (Å²) >= 11 is 1.42. The zero-order valence-corrected chi connectivity index (χ0v) is 14.8. The Hall–Kier alpha value is -2.72. The highest BCUT2D eigenvalue weighted by molar-refractivity contribution is 7.16. The lowest BCUT2D eigenvalue weighted by Gasteiger charge is -2.06. The van der Waals surface area contributed by atoms with E-state index in [9.17, 15) is 19.2 Å². The minimum absolute atomic E-state index is 0.107. The van der Waals surface area contributed by atoms with Crippen LogP contribution in [0.25, 0.3) is 0 Å². The molecule has 1 amide bonds. The molecular formula is C19H17FN2O3S. The summed E-state index contributed by atoms with van der Waals surface area (Å²) in [6.07, 6.45) is 3.36. The summed E-state index contributed by atoms with van der Waals surface area (Å²) in [6.45, 7) is -0.393. The molecule has 0 saturated carbocycles. The van der Waals surface area contributed by atoms with E-state index < -0.39 is 18.5 Å². The van der Waals surface area contributed by atoms with Crippen molar-refractivity contribution in [3.05, 3.63) is 51.7 Å². The maximum Gasteiger partial charge on any atom is 0.306 e. The molecule has 1 heterocycles. The van der Waals surface area contributed by atoms with Crippen molar-refractivity contribution in [3.63, 3.8) is 0 Å². The van der Waals surface area contributed by atoms with Gasteiger partial charge < -0.3 is 10.1 Å². The van der Waals surface area contributed by atoms with Gasteiger partial charge in [0.05, 0.1) is 5.56 Å². The largest absolute Gasteiger partial charge is 0.456 e. The third-order valence-corrected chi connectivity index (χ3v) is 5.39. The number of fused-ring (bicyclic) bond motifs is 1. The van der Waals surface area contributed by atoms with E-state index >= 15 is 0 Å². The van der Waals surface area contributed by atoms with Gasteiger partial charge in [0.25, 0.3) is 5.91 Å². The highest BCUT2D eigenvalue weighted by Crippen LogP contribution is 2.38. The molecule has 0 spiro atoms. The van der Waals surface area contributed by atoms with E-state index in [0.717, 1.165) is 35.3 Å². The summed E-state index contributed by atoms with van der Waals surface area (Å²) in [4.78, 5) is 24.9. The van der Waals surface area contributed by atoms with Gasteiger partial charge in [-0.15, -0.1) is 11.3 Å². The van der Waals surface area contributed by atoms with Gasteiger partial charge in [0.2, 0.25) is 0 Å². The summed E-state index contributed by atoms with van der Waals surface area (Å²) in [5, 5.41) is 12.5. The van der Waals surface area contributed by atoms with Crippen LogP contribution >= 0.6 is 11.3 Å². The molecular weight excluding hydrogens is 355 g/mol. The van der Waals surface area contributed by atoms with Crippen LogP contribution in [0, 0.1) is 17.1 Å². The second-order valence-corrected chi connectivity index (χ2v) is 7.11. The summed E-state index contributed by atoms with van der Waals surface area (Å²) in [6, 6.07) is 8.03. The molecule has 7 heteroatoms. The van der Waals surface area contributed by atoms with Gasteiger partial charge in [-0.1, -0.05) is 12.1 Å². The van der Waals surface area contributed by atoms with Crippen LogP contribution in [0.4, 0.5) is 9.39 Å². The van der Waals surface area contributed by atoms with E-state index in [1.165, 1.54) is 23.5 Å². The van der Waals surface area contributed by atoms with Crippen molar-refractivity contribution in [1.82, 2.24) is 0 Å². The number of nitriles is 1. The molecule has 134 valence electrons. The van der Waals surface area contributed by atoms with Gasteiger partial charge in [-0.05, 0) is 48.9 Å². The van der Waals surface area contributed by atoms with Crippen molar-refractivity contribution in [2.24, 2.45) is 0 Å². The molecule has 1 aliphatic carbocycles. The number of rotatable bonds is 6. The third kappa shape index (κ3) is 4.27. The number of carbonyl (C=O) groups excluding carboxylic acids is 2. The number of thiophene rings is 1.